The summed E-state index contributed by atoms with van der Waals surface area (Å²) in [7, 11) is 0. The molecule has 0 radical (unpaired) electrons. The third-order valence-electron chi connectivity index (χ3n) is 2.84. The van der Waals surface area contributed by atoms with Crippen molar-refractivity contribution in [3.63, 3.8) is 0 Å². The first-order valence-corrected chi connectivity index (χ1v) is 5.80. The first-order valence-electron chi connectivity index (χ1n) is 5.80. The lowest BCUT2D eigenvalue weighted by Gasteiger charge is -2.07. The fourth-order valence-electron chi connectivity index (χ4n) is 2.01. The van der Waals surface area contributed by atoms with Gasteiger partial charge in [0.05, 0.1) is 11.2 Å². The van der Waals surface area contributed by atoms with Crippen LogP contribution in [0.5, 0.6) is 0 Å². The van der Waals surface area contributed by atoms with Crippen LogP contribution >= 0.6 is 0 Å². The number of fused-ring (bicyclic) bond motifs is 1. The van der Waals surface area contributed by atoms with Crippen LogP contribution in [0.1, 0.15) is 5.82 Å². The fourth-order valence-corrected chi connectivity index (χ4v) is 2.01. The van der Waals surface area contributed by atoms with Crippen molar-refractivity contribution in [2.24, 2.45) is 0 Å². The Balaban J connectivity index is 2.33. The molecular weight excluding hydrogens is 224 g/mol. The highest BCUT2D eigenvalue weighted by Gasteiger charge is 2.08. The van der Waals surface area contributed by atoms with Crippen LogP contribution in [0.25, 0.3) is 22.2 Å². The van der Waals surface area contributed by atoms with Crippen LogP contribution in [0.4, 0.5) is 0 Å². The van der Waals surface area contributed by atoms with Gasteiger partial charge in [-0.05, 0) is 6.07 Å². The van der Waals surface area contributed by atoms with Gasteiger partial charge in [-0.1, -0.05) is 48.5 Å². The highest BCUT2D eigenvalue weighted by Crippen LogP contribution is 2.25. The van der Waals surface area contributed by atoms with Crippen molar-refractivity contribution in [1.82, 2.24) is 9.97 Å². The molecule has 3 nitrogen and oxygen atoms in total. The lowest BCUT2D eigenvalue weighted by atomic mass is 10.1. The topological polar surface area (TPSA) is 46.0 Å². The standard InChI is InChI=1S/C15H12N2O/c18-10-14-16-13-9-5-4-8-12(13)15(17-14)11-6-2-1-3-7-11/h1-9,18H,10H2. The summed E-state index contributed by atoms with van der Waals surface area (Å²) in [6, 6.07) is 17.8. The SMILES string of the molecule is OCc1nc(-c2ccccc2)c2ccccc2n1. The van der Waals surface area contributed by atoms with E-state index in [4.69, 9.17) is 0 Å². The van der Waals surface area contributed by atoms with Crippen molar-refractivity contribution in [1.29, 1.82) is 0 Å². The minimum absolute atomic E-state index is 0.148. The van der Waals surface area contributed by atoms with Gasteiger partial charge in [0.1, 0.15) is 6.61 Å². The number of aromatic nitrogens is 2. The molecule has 0 aliphatic carbocycles. The summed E-state index contributed by atoms with van der Waals surface area (Å²) in [4.78, 5) is 8.75. The molecule has 0 spiro atoms. The van der Waals surface area contributed by atoms with E-state index in [2.05, 4.69) is 9.97 Å². The minimum Gasteiger partial charge on any atom is -0.388 e. The van der Waals surface area contributed by atoms with Crippen LogP contribution in [-0.4, -0.2) is 15.1 Å². The highest BCUT2D eigenvalue weighted by molar-refractivity contribution is 5.92. The van der Waals surface area contributed by atoms with Crippen LogP contribution in [0.2, 0.25) is 0 Å². The number of hydrogen-bond acceptors (Lipinski definition) is 3. The second-order valence-electron chi connectivity index (χ2n) is 4.03. The first-order chi connectivity index (χ1) is 8.88. The Labute approximate surface area is 105 Å². The van der Waals surface area contributed by atoms with Gasteiger partial charge >= 0.3 is 0 Å². The Morgan fingerprint density at radius 3 is 2.33 bits per heavy atom. The van der Waals surface area contributed by atoms with Gasteiger partial charge in [-0.25, -0.2) is 9.97 Å². The number of aliphatic hydroxyl groups excluding tert-OH is 1. The molecular formula is C15H12N2O. The molecule has 3 heteroatoms. The van der Waals surface area contributed by atoms with E-state index in [1.165, 1.54) is 0 Å². The molecule has 0 fully saturated rings. The van der Waals surface area contributed by atoms with Crippen molar-refractivity contribution in [3.8, 4) is 11.3 Å². The summed E-state index contributed by atoms with van der Waals surface area (Å²) >= 11 is 0. The number of rotatable bonds is 2. The number of hydrogen-bond donors (Lipinski definition) is 1. The van der Waals surface area contributed by atoms with Crippen LogP contribution < -0.4 is 0 Å². The van der Waals surface area contributed by atoms with Crippen molar-refractivity contribution in [3.05, 3.63) is 60.4 Å². The number of nitrogens with zero attached hydrogens (tertiary/aromatic N) is 2. The Morgan fingerprint density at radius 2 is 1.56 bits per heavy atom. The molecule has 0 saturated carbocycles. The van der Waals surface area contributed by atoms with E-state index in [0.29, 0.717) is 5.82 Å². The van der Waals surface area contributed by atoms with E-state index in [0.717, 1.165) is 22.2 Å². The monoisotopic (exact) mass is 236 g/mol. The Morgan fingerprint density at radius 1 is 0.833 bits per heavy atom. The summed E-state index contributed by atoms with van der Waals surface area (Å²) in [5.41, 5.74) is 2.76. The smallest absolute Gasteiger partial charge is 0.155 e. The third kappa shape index (κ3) is 1.85. The summed E-state index contributed by atoms with van der Waals surface area (Å²) in [5, 5.41) is 10.2. The largest absolute Gasteiger partial charge is 0.388 e. The molecule has 0 saturated heterocycles. The second-order valence-corrected chi connectivity index (χ2v) is 4.03. The molecule has 3 aromatic rings. The van der Waals surface area contributed by atoms with Gasteiger partial charge in [0.15, 0.2) is 5.82 Å². The minimum atomic E-state index is -0.148. The van der Waals surface area contributed by atoms with E-state index < -0.39 is 0 Å². The van der Waals surface area contributed by atoms with Crippen LogP contribution in [0.15, 0.2) is 54.6 Å². The maximum absolute atomic E-state index is 9.24. The molecule has 0 atom stereocenters. The lowest BCUT2D eigenvalue weighted by Crippen LogP contribution is -1.98. The lowest BCUT2D eigenvalue weighted by molar-refractivity contribution is 0.272. The number of benzene rings is 2. The zero-order valence-electron chi connectivity index (χ0n) is 9.74. The predicted molar refractivity (Wildman–Crippen MR) is 70.9 cm³/mol. The molecule has 1 aromatic heterocycles. The third-order valence-corrected chi connectivity index (χ3v) is 2.84. The average Bonchev–Trinajstić information content (AvgIpc) is 2.47. The quantitative estimate of drug-likeness (QED) is 0.744. The van der Waals surface area contributed by atoms with Crippen LogP contribution in [0, 0.1) is 0 Å². The average molecular weight is 236 g/mol. The van der Waals surface area contributed by atoms with E-state index >= 15 is 0 Å². The number of para-hydroxylation sites is 1. The molecule has 3 rings (SSSR count). The Hall–Kier alpha value is -2.26. The van der Waals surface area contributed by atoms with E-state index in [1.54, 1.807) is 0 Å². The molecule has 1 heterocycles. The van der Waals surface area contributed by atoms with Crippen LogP contribution in [-0.2, 0) is 6.61 Å². The Kier molecular flexibility index (Phi) is 2.74. The van der Waals surface area contributed by atoms with E-state index in [1.807, 2.05) is 54.6 Å². The van der Waals surface area contributed by atoms with Gasteiger partial charge in [-0.15, -0.1) is 0 Å². The molecule has 2 aromatic carbocycles. The summed E-state index contributed by atoms with van der Waals surface area (Å²) in [5.74, 6) is 0.451. The molecule has 88 valence electrons. The first kappa shape index (κ1) is 10.9. The summed E-state index contributed by atoms with van der Waals surface area (Å²) in [6.45, 7) is -0.148. The zero-order valence-corrected chi connectivity index (χ0v) is 9.74. The summed E-state index contributed by atoms with van der Waals surface area (Å²) < 4.78 is 0. The van der Waals surface area contributed by atoms with Gasteiger partial charge in [0.25, 0.3) is 0 Å². The van der Waals surface area contributed by atoms with Crippen LogP contribution in [0.3, 0.4) is 0 Å². The molecule has 18 heavy (non-hydrogen) atoms. The van der Waals surface area contributed by atoms with E-state index in [-0.39, 0.29) is 6.61 Å². The molecule has 0 bridgehead atoms. The van der Waals surface area contributed by atoms with Gasteiger partial charge in [0, 0.05) is 10.9 Å². The van der Waals surface area contributed by atoms with Gasteiger partial charge in [-0.3, -0.25) is 0 Å². The normalized spacial score (nSPS) is 10.7. The maximum Gasteiger partial charge on any atom is 0.155 e. The van der Waals surface area contributed by atoms with Crippen molar-refractivity contribution >= 4 is 10.9 Å². The van der Waals surface area contributed by atoms with E-state index in [9.17, 15) is 5.11 Å². The molecule has 0 unspecified atom stereocenters. The Bertz CT molecular complexity index is 680. The molecule has 0 amide bonds. The highest BCUT2D eigenvalue weighted by atomic mass is 16.3. The molecule has 0 aliphatic heterocycles. The molecule has 0 aliphatic rings. The zero-order chi connectivity index (χ0) is 12.4. The fraction of sp³-hybridized carbons (Fsp3) is 0.0667. The van der Waals surface area contributed by atoms with Gasteiger partial charge in [0.2, 0.25) is 0 Å². The van der Waals surface area contributed by atoms with Crippen molar-refractivity contribution in [2.45, 2.75) is 6.61 Å². The van der Waals surface area contributed by atoms with Crippen molar-refractivity contribution < 1.29 is 5.11 Å². The van der Waals surface area contributed by atoms with Gasteiger partial charge < -0.3 is 5.11 Å². The van der Waals surface area contributed by atoms with Crippen molar-refractivity contribution in [2.75, 3.05) is 0 Å². The molecule has 1 N–H and O–H groups in total. The van der Waals surface area contributed by atoms with Gasteiger partial charge in [-0.2, -0.15) is 0 Å². The number of aliphatic hydroxyl groups is 1. The predicted octanol–water partition coefficient (Wildman–Crippen LogP) is 2.79. The second kappa shape index (κ2) is 4.55. The summed E-state index contributed by atoms with van der Waals surface area (Å²) in [6.07, 6.45) is 0. The maximum atomic E-state index is 9.24.